The van der Waals surface area contributed by atoms with Crippen molar-refractivity contribution in [3.8, 4) is 11.5 Å². The van der Waals surface area contributed by atoms with Crippen molar-refractivity contribution < 1.29 is 19.1 Å². The molecule has 28 heavy (non-hydrogen) atoms. The monoisotopic (exact) mass is 377 g/mol. The van der Waals surface area contributed by atoms with Gasteiger partial charge in [-0.15, -0.1) is 0 Å². The van der Waals surface area contributed by atoms with Gasteiger partial charge in [0.25, 0.3) is 5.91 Å². The van der Waals surface area contributed by atoms with Crippen LogP contribution in [0.1, 0.15) is 5.56 Å². The number of carbonyl (C=O) groups excluding carboxylic acids is 2. The smallest absolute Gasteiger partial charge is 0.325 e. The molecule has 0 spiro atoms. The molecule has 3 aromatic rings. The third-order valence-electron chi connectivity index (χ3n) is 3.60. The van der Waals surface area contributed by atoms with Gasteiger partial charge in [0.2, 0.25) is 0 Å². The van der Waals surface area contributed by atoms with E-state index in [2.05, 4.69) is 15.6 Å². The molecule has 2 N–H and O–H groups in total. The topological polar surface area (TPSA) is 89.5 Å². The Morgan fingerprint density at radius 3 is 2.50 bits per heavy atom. The number of hydrogen-bond donors (Lipinski definition) is 2. The lowest BCUT2D eigenvalue weighted by Crippen LogP contribution is -2.37. The molecular weight excluding hydrogens is 358 g/mol. The fourth-order valence-electron chi connectivity index (χ4n) is 2.31. The summed E-state index contributed by atoms with van der Waals surface area (Å²) < 4.78 is 11.0. The Labute approximate surface area is 162 Å². The molecule has 1 aromatic heterocycles. The number of anilines is 1. The maximum Gasteiger partial charge on any atom is 0.325 e. The Morgan fingerprint density at radius 2 is 1.71 bits per heavy atom. The highest BCUT2D eigenvalue weighted by atomic mass is 16.5. The number of benzene rings is 2. The van der Waals surface area contributed by atoms with E-state index in [1.165, 1.54) is 6.20 Å². The highest BCUT2D eigenvalue weighted by Crippen LogP contribution is 2.18. The molecule has 0 aliphatic carbocycles. The van der Waals surface area contributed by atoms with Gasteiger partial charge in [-0.3, -0.25) is 15.1 Å². The molecule has 0 saturated carbocycles. The summed E-state index contributed by atoms with van der Waals surface area (Å²) in [6, 6.07) is 19.4. The average molecular weight is 377 g/mol. The number of nitrogens with zero attached hydrogens (tertiary/aromatic N) is 1. The van der Waals surface area contributed by atoms with Gasteiger partial charge in [0, 0.05) is 18.0 Å². The van der Waals surface area contributed by atoms with Crippen molar-refractivity contribution in [3.05, 3.63) is 84.7 Å². The Bertz CT molecular complexity index is 917. The summed E-state index contributed by atoms with van der Waals surface area (Å²) in [5.41, 5.74) is 1.54. The Morgan fingerprint density at radius 1 is 0.893 bits per heavy atom. The normalized spacial score (nSPS) is 10.0. The van der Waals surface area contributed by atoms with Crippen LogP contribution in [0.5, 0.6) is 11.5 Å². The van der Waals surface area contributed by atoms with Crippen molar-refractivity contribution in [1.29, 1.82) is 0 Å². The molecule has 0 aliphatic heterocycles. The van der Waals surface area contributed by atoms with Gasteiger partial charge in [-0.05, 0) is 29.8 Å². The molecule has 1 heterocycles. The molecule has 142 valence electrons. The maximum atomic E-state index is 12.0. The van der Waals surface area contributed by atoms with Gasteiger partial charge >= 0.3 is 6.03 Å². The number of aromatic nitrogens is 1. The first-order valence-electron chi connectivity index (χ1n) is 8.59. The lowest BCUT2D eigenvalue weighted by molar-refractivity contribution is -0.121. The zero-order valence-electron chi connectivity index (χ0n) is 15.0. The first kappa shape index (κ1) is 18.9. The SMILES string of the molecule is O=C(COc1cccnc1)NC(=O)Nc1cccc(OCc2ccccc2)c1. The second-order valence-corrected chi connectivity index (χ2v) is 5.78. The fraction of sp³-hybridized carbons (Fsp3) is 0.0952. The zero-order valence-corrected chi connectivity index (χ0v) is 15.0. The van der Waals surface area contributed by atoms with Gasteiger partial charge in [-0.2, -0.15) is 0 Å². The van der Waals surface area contributed by atoms with Crippen molar-refractivity contribution in [2.24, 2.45) is 0 Å². The van der Waals surface area contributed by atoms with E-state index in [1.54, 1.807) is 42.6 Å². The summed E-state index contributed by atoms with van der Waals surface area (Å²) in [6.07, 6.45) is 3.08. The third-order valence-corrected chi connectivity index (χ3v) is 3.60. The summed E-state index contributed by atoms with van der Waals surface area (Å²) in [4.78, 5) is 27.6. The van der Waals surface area contributed by atoms with E-state index >= 15 is 0 Å². The molecule has 0 atom stereocenters. The number of pyridine rings is 1. The number of rotatable bonds is 7. The predicted molar refractivity (Wildman–Crippen MR) is 104 cm³/mol. The highest BCUT2D eigenvalue weighted by molar-refractivity contribution is 6.01. The predicted octanol–water partition coefficient (Wildman–Crippen LogP) is 3.39. The van der Waals surface area contributed by atoms with Crippen molar-refractivity contribution >= 4 is 17.6 Å². The number of hydrogen-bond acceptors (Lipinski definition) is 5. The van der Waals surface area contributed by atoms with Gasteiger partial charge in [0.1, 0.15) is 18.1 Å². The summed E-state index contributed by atoms with van der Waals surface area (Å²) >= 11 is 0. The molecule has 0 radical (unpaired) electrons. The van der Waals surface area contributed by atoms with Crippen LogP contribution in [-0.2, 0) is 11.4 Å². The molecule has 0 saturated heterocycles. The van der Waals surface area contributed by atoms with Gasteiger partial charge in [-0.1, -0.05) is 36.4 Å². The van der Waals surface area contributed by atoms with Crippen LogP contribution in [0.2, 0.25) is 0 Å². The standard InChI is InChI=1S/C21H19N3O4/c25-20(15-28-19-10-5-11-22-13-19)24-21(26)23-17-8-4-9-18(12-17)27-14-16-6-2-1-3-7-16/h1-13H,14-15H2,(H2,23,24,25,26). The van der Waals surface area contributed by atoms with Crippen molar-refractivity contribution in [2.45, 2.75) is 6.61 Å². The van der Waals surface area contributed by atoms with Gasteiger partial charge in [-0.25, -0.2) is 4.79 Å². The average Bonchev–Trinajstić information content (AvgIpc) is 2.72. The number of carbonyl (C=O) groups is 2. The van der Waals surface area contributed by atoms with Crippen LogP contribution in [0.15, 0.2) is 79.1 Å². The molecule has 2 aromatic carbocycles. The van der Waals surface area contributed by atoms with Gasteiger partial charge in [0.15, 0.2) is 6.61 Å². The van der Waals surface area contributed by atoms with Crippen LogP contribution in [-0.4, -0.2) is 23.5 Å². The van der Waals surface area contributed by atoms with Crippen LogP contribution in [0, 0.1) is 0 Å². The fourth-order valence-corrected chi connectivity index (χ4v) is 2.31. The van der Waals surface area contributed by atoms with Crippen molar-refractivity contribution in [1.82, 2.24) is 10.3 Å². The lowest BCUT2D eigenvalue weighted by atomic mass is 10.2. The largest absolute Gasteiger partial charge is 0.489 e. The number of urea groups is 1. The summed E-state index contributed by atoms with van der Waals surface area (Å²) in [7, 11) is 0. The van der Waals surface area contributed by atoms with Crippen LogP contribution < -0.4 is 20.1 Å². The summed E-state index contributed by atoms with van der Waals surface area (Å²) in [5.74, 6) is 0.479. The third kappa shape index (κ3) is 6.14. The summed E-state index contributed by atoms with van der Waals surface area (Å²) in [6.45, 7) is 0.125. The first-order chi connectivity index (χ1) is 13.7. The van der Waals surface area contributed by atoms with E-state index < -0.39 is 11.9 Å². The van der Waals surface area contributed by atoms with Crippen molar-refractivity contribution in [2.75, 3.05) is 11.9 Å². The minimum absolute atomic E-state index is 0.292. The number of imide groups is 1. The maximum absolute atomic E-state index is 12.0. The van der Waals surface area contributed by atoms with E-state index in [1.807, 2.05) is 30.3 Å². The molecule has 3 rings (SSSR count). The second kappa shape index (κ2) is 9.72. The molecule has 0 aliphatic rings. The van der Waals surface area contributed by atoms with Gasteiger partial charge in [0.05, 0.1) is 6.20 Å². The number of ether oxygens (including phenoxy) is 2. The Balaban J connectivity index is 1.46. The van der Waals surface area contributed by atoms with E-state index in [9.17, 15) is 9.59 Å². The number of nitrogens with one attached hydrogen (secondary N) is 2. The first-order valence-corrected chi connectivity index (χ1v) is 8.59. The molecule has 0 bridgehead atoms. The van der Waals surface area contributed by atoms with E-state index in [4.69, 9.17) is 9.47 Å². The molecular formula is C21H19N3O4. The van der Waals surface area contributed by atoms with Crippen LogP contribution in [0.4, 0.5) is 10.5 Å². The van der Waals surface area contributed by atoms with Gasteiger partial charge < -0.3 is 14.8 Å². The minimum atomic E-state index is -0.653. The number of amides is 3. The Kier molecular flexibility index (Phi) is 6.57. The van der Waals surface area contributed by atoms with E-state index in [0.717, 1.165) is 5.56 Å². The molecule has 0 unspecified atom stereocenters. The molecule has 7 nitrogen and oxygen atoms in total. The molecule has 3 amide bonds. The lowest BCUT2D eigenvalue weighted by Gasteiger charge is -2.10. The Hall–Kier alpha value is -3.87. The molecule has 7 heteroatoms. The zero-order chi connectivity index (χ0) is 19.6. The summed E-state index contributed by atoms with van der Waals surface area (Å²) in [5, 5.41) is 4.79. The van der Waals surface area contributed by atoms with E-state index in [-0.39, 0.29) is 6.61 Å². The van der Waals surface area contributed by atoms with E-state index in [0.29, 0.717) is 23.8 Å². The molecule has 0 fully saturated rings. The van der Waals surface area contributed by atoms with Crippen molar-refractivity contribution in [3.63, 3.8) is 0 Å². The highest BCUT2D eigenvalue weighted by Gasteiger charge is 2.09. The quantitative estimate of drug-likeness (QED) is 0.659. The van der Waals surface area contributed by atoms with Crippen LogP contribution >= 0.6 is 0 Å². The van der Waals surface area contributed by atoms with Crippen LogP contribution in [0.3, 0.4) is 0 Å². The van der Waals surface area contributed by atoms with Crippen LogP contribution in [0.25, 0.3) is 0 Å². The minimum Gasteiger partial charge on any atom is -0.489 e. The second-order valence-electron chi connectivity index (χ2n) is 5.78.